The molecule has 2 fully saturated rings. The van der Waals surface area contributed by atoms with Gasteiger partial charge in [-0.2, -0.15) is 0 Å². The van der Waals surface area contributed by atoms with Gasteiger partial charge >= 0.3 is 0 Å². The molecule has 2 heterocycles. The van der Waals surface area contributed by atoms with Gasteiger partial charge in [0.25, 0.3) is 5.91 Å². The number of likely N-dealkylation sites (tertiary alicyclic amines) is 1. The summed E-state index contributed by atoms with van der Waals surface area (Å²) in [6.45, 7) is 2.72. The van der Waals surface area contributed by atoms with Gasteiger partial charge in [-0.15, -0.1) is 11.3 Å². The summed E-state index contributed by atoms with van der Waals surface area (Å²) in [7, 11) is 0. The number of ether oxygens (including phenoxy) is 1. The van der Waals surface area contributed by atoms with Gasteiger partial charge in [0.05, 0.1) is 15.9 Å². The Hall–Kier alpha value is -2.25. The van der Waals surface area contributed by atoms with E-state index in [1.807, 2.05) is 4.90 Å². The van der Waals surface area contributed by atoms with Crippen molar-refractivity contribution in [3.63, 3.8) is 0 Å². The number of benzene rings is 1. The highest BCUT2D eigenvalue weighted by molar-refractivity contribution is 7.15. The summed E-state index contributed by atoms with van der Waals surface area (Å²) in [5.74, 6) is 0.595. The highest BCUT2D eigenvalue weighted by atomic mass is 32.1. The van der Waals surface area contributed by atoms with Gasteiger partial charge in [0, 0.05) is 13.1 Å². The first-order chi connectivity index (χ1) is 13.4. The van der Waals surface area contributed by atoms with E-state index in [0.29, 0.717) is 41.4 Å². The van der Waals surface area contributed by atoms with Crippen LogP contribution in [0, 0.1) is 17.7 Å². The number of aliphatic hydroxyl groups excluding tert-OH is 1. The SMILES string of the molecule is CC(=O)c1ccc(C(=O)N2C[C@H]3C[C@@H](Oc4ccc(F)cc4)[C@H](O)C[C@H]3C2)s1. The predicted octanol–water partition coefficient (Wildman–Crippen LogP) is 3.38. The summed E-state index contributed by atoms with van der Waals surface area (Å²) in [6.07, 6.45) is 0.236. The zero-order valence-electron chi connectivity index (χ0n) is 15.5. The number of Topliss-reactive ketones (excluding diaryl/α,β-unsaturated/α-hetero) is 1. The van der Waals surface area contributed by atoms with Gasteiger partial charge in [0.1, 0.15) is 17.7 Å². The molecule has 4 rings (SSSR count). The Morgan fingerprint density at radius 2 is 1.71 bits per heavy atom. The second-order valence-corrected chi connectivity index (χ2v) is 8.68. The molecule has 2 aromatic rings. The van der Waals surface area contributed by atoms with Gasteiger partial charge in [-0.1, -0.05) is 0 Å². The fourth-order valence-electron chi connectivity index (χ4n) is 4.17. The van der Waals surface area contributed by atoms with Gasteiger partial charge in [-0.25, -0.2) is 4.39 Å². The molecular formula is C21H22FNO4S. The van der Waals surface area contributed by atoms with E-state index in [9.17, 15) is 19.1 Å². The number of fused-ring (bicyclic) bond motifs is 1. The van der Waals surface area contributed by atoms with Crippen LogP contribution in [-0.4, -0.2) is 47.0 Å². The third kappa shape index (κ3) is 3.82. The number of thiophene rings is 1. The van der Waals surface area contributed by atoms with E-state index in [1.54, 1.807) is 24.3 Å². The molecule has 1 N–H and O–H groups in total. The average molecular weight is 403 g/mol. The minimum Gasteiger partial charge on any atom is -0.488 e. The van der Waals surface area contributed by atoms with Crippen LogP contribution in [0.2, 0.25) is 0 Å². The van der Waals surface area contributed by atoms with E-state index in [2.05, 4.69) is 0 Å². The lowest BCUT2D eigenvalue weighted by Crippen LogP contribution is -2.42. The molecule has 1 aliphatic heterocycles. The van der Waals surface area contributed by atoms with Gasteiger partial charge in [0.15, 0.2) is 5.78 Å². The smallest absolute Gasteiger partial charge is 0.263 e. The van der Waals surface area contributed by atoms with E-state index in [0.717, 1.165) is 0 Å². The van der Waals surface area contributed by atoms with Crippen molar-refractivity contribution in [3.05, 3.63) is 52.0 Å². The maximum absolute atomic E-state index is 13.1. The molecule has 0 radical (unpaired) electrons. The molecule has 0 unspecified atom stereocenters. The van der Waals surface area contributed by atoms with Crippen LogP contribution in [0.25, 0.3) is 0 Å². The molecule has 1 aliphatic carbocycles. The van der Waals surface area contributed by atoms with Crippen LogP contribution in [0.15, 0.2) is 36.4 Å². The molecule has 1 amide bonds. The second-order valence-electron chi connectivity index (χ2n) is 7.60. The molecule has 0 bridgehead atoms. The zero-order valence-corrected chi connectivity index (χ0v) is 16.3. The summed E-state index contributed by atoms with van der Waals surface area (Å²) in [5, 5.41) is 10.5. The van der Waals surface area contributed by atoms with Gasteiger partial charge in [0.2, 0.25) is 0 Å². The van der Waals surface area contributed by atoms with Crippen molar-refractivity contribution in [1.82, 2.24) is 4.90 Å². The number of ketones is 1. The lowest BCUT2D eigenvalue weighted by Gasteiger charge is -2.35. The quantitative estimate of drug-likeness (QED) is 0.795. The molecule has 7 heteroatoms. The molecule has 1 aromatic heterocycles. The molecule has 1 saturated heterocycles. The first-order valence-corrected chi connectivity index (χ1v) is 10.2. The van der Waals surface area contributed by atoms with Crippen molar-refractivity contribution in [2.24, 2.45) is 11.8 Å². The highest BCUT2D eigenvalue weighted by Crippen LogP contribution is 2.38. The molecule has 1 aromatic carbocycles. The van der Waals surface area contributed by atoms with Crippen LogP contribution < -0.4 is 4.74 Å². The van der Waals surface area contributed by atoms with Crippen molar-refractivity contribution in [3.8, 4) is 5.75 Å². The minimum atomic E-state index is -0.618. The topological polar surface area (TPSA) is 66.8 Å². The van der Waals surface area contributed by atoms with Crippen LogP contribution in [0.5, 0.6) is 5.75 Å². The maximum atomic E-state index is 13.1. The summed E-state index contributed by atoms with van der Waals surface area (Å²) in [4.78, 5) is 27.3. The van der Waals surface area contributed by atoms with E-state index in [1.165, 1.54) is 30.4 Å². The first-order valence-electron chi connectivity index (χ1n) is 9.41. The summed E-state index contributed by atoms with van der Waals surface area (Å²) in [5.41, 5.74) is 0. The van der Waals surface area contributed by atoms with Crippen LogP contribution in [0.1, 0.15) is 39.1 Å². The van der Waals surface area contributed by atoms with Crippen molar-refractivity contribution >= 4 is 23.0 Å². The lowest BCUT2D eigenvalue weighted by atomic mass is 9.78. The van der Waals surface area contributed by atoms with Crippen LogP contribution in [-0.2, 0) is 0 Å². The molecule has 4 atom stereocenters. The van der Waals surface area contributed by atoms with Gasteiger partial charge in [-0.05, 0) is 68.0 Å². The summed E-state index contributed by atoms with van der Waals surface area (Å²) >= 11 is 1.23. The van der Waals surface area contributed by atoms with Crippen molar-refractivity contribution < 1.29 is 23.8 Å². The number of hydrogen-bond donors (Lipinski definition) is 1. The monoisotopic (exact) mass is 403 g/mol. The van der Waals surface area contributed by atoms with Crippen LogP contribution >= 0.6 is 11.3 Å². The number of aliphatic hydroxyl groups is 1. The normalized spacial score (nSPS) is 26.8. The Balaban J connectivity index is 1.41. The number of amides is 1. The molecule has 148 valence electrons. The van der Waals surface area contributed by atoms with E-state index >= 15 is 0 Å². The molecule has 5 nitrogen and oxygen atoms in total. The van der Waals surface area contributed by atoms with Crippen molar-refractivity contribution in [2.75, 3.05) is 13.1 Å². The number of carbonyl (C=O) groups excluding carboxylic acids is 2. The van der Waals surface area contributed by atoms with Gasteiger partial charge in [-0.3, -0.25) is 9.59 Å². The number of hydrogen-bond acceptors (Lipinski definition) is 5. The molecule has 2 aliphatic rings. The summed E-state index contributed by atoms with van der Waals surface area (Å²) < 4.78 is 18.9. The zero-order chi connectivity index (χ0) is 19.8. The molecule has 0 spiro atoms. The third-order valence-electron chi connectivity index (χ3n) is 5.64. The fraction of sp³-hybridized carbons (Fsp3) is 0.429. The first kappa shape index (κ1) is 19.1. The largest absolute Gasteiger partial charge is 0.488 e. The summed E-state index contributed by atoms with van der Waals surface area (Å²) in [6, 6.07) is 9.18. The lowest BCUT2D eigenvalue weighted by molar-refractivity contribution is -0.0231. The minimum absolute atomic E-state index is 0.0388. The van der Waals surface area contributed by atoms with Gasteiger partial charge < -0.3 is 14.7 Å². The number of nitrogens with zero attached hydrogens (tertiary/aromatic N) is 1. The van der Waals surface area contributed by atoms with Crippen LogP contribution in [0.4, 0.5) is 4.39 Å². The number of rotatable bonds is 4. The number of carbonyl (C=O) groups is 2. The van der Waals surface area contributed by atoms with E-state index < -0.39 is 6.10 Å². The Morgan fingerprint density at radius 1 is 1.07 bits per heavy atom. The molecule has 28 heavy (non-hydrogen) atoms. The maximum Gasteiger partial charge on any atom is 0.263 e. The Bertz CT molecular complexity index is 881. The Kier molecular flexibility index (Phi) is 5.21. The Morgan fingerprint density at radius 3 is 2.36 bits per heavy atom. The fourth-order valence-corrected chi connectivity index (χ4v) is 5.04. The predicted molar refractivity (Wildman–Crippen MR) is 103 cm³/mol. The van der Waals surface area contributed by atoms with Crippen molar-refractivity contribution in [2.45, 2.75) is 32.0 Å². The Labute approximate surface area is 166 Å². The van der Waals surface area contributed by atoms with E-state index in [4.69, 9.17) is 4.74 Å². The van der Waals surface area contributed by atoms with Crippen molar-refractivity contribution in [1.29, 1.82) is 0 Å². The van der Waals surface area contributed by atoms with E-state index in [-0.39, 0.29) is 35.4 Å². The van der Waals surface area contributed by atoms with Crippen LogP contribution in [0.3, 0.4) is 0 Å². The molecular weight excluding hydrogens is 381 g/mol. The number of halogens is 1. The molecule has 1 saturated carbocycles. The average Bonchev–Trinajstić information content (AvgIpc) is 3.30. The second kappa shape index (κ2) is 7.64. The highest BCUT2D eigenvalue weighted by Gasteiger charge is 2.44. The third-order valence-corrected chi connectivity index (χ3v) is 6.81. The standard InChI is InChI=1S/C21H22FNO4S/c1-12(24)19-6-7-20(28-19)21(26)23-10-13-8-17(25)18(9-14(13)11-23)27-16-4-2-15(22)3-5-16/h2-7,13-14,17-18,25H,8-11H2,1H3/t13-,14+,17+,18+/m0/s1.